The summed E-state index contributed by atoms with van der Waals surface area (Å²) in [6.45, 7) is 2.16. The molecule has 0 aliphatic carbocycles. The van der Waals surface area contributed by atoms with E-state index in [4.69, 9.17) is 16.3 Å². The summed E-state index contributed by atoms with van der Waals surface area (Å²) in [6, 6.07) is 10.5. The molecule has 0 bridgehead atoms. The Morgan fingerprint density at radius 1 is 1.26 bits per heavy atom. The lowest BCUT2D eigenvalue weighted by Gasteiger charge is -2.25. The van der Waals surface area contributed by atoms with Gasteiger partial charge in [-0.3, -0.25) is 0 Å². The van der Waals surface area contributed by atoms with E-state index < -0.39 is 11.9 Å². The van der Waals surface area contributed by atoms with Gasteiger partial charge in [0.15, 0.2) is 11.6 Å². The molecular weight excluding hydrogens is 367 g/mol. The molecule has 1 unspecified atom stereocenters. The number of aliphatic hydroxyl groups is 1. The lowest BCUT2D eigenvalue weighted by Crippen LogP contribution is -2.28. The number of hydrogen-bond donors (Lipinski definition) is 1. The number of halogens is 2. The fourth-order valence-electron chi connectivity index (χ4n) is 3.92. The summed E-state index contributed by atoms with van der Waals surface area (Å²) in [5.74, 6) is -0.300. The third-order valence-electron chi connectivity index (χ3n) is 5.33. The highest BCUT2D eigenvalue weighted by atomic mass is 35.5. The van der Waals surface area contributed by atoms with Crippen LogP contribution in [0.25, 0.3) is 10.9 Å². The largest absolute Gasteiger partial charge is 0.494 e. The summed E-state index contributed by atoms with van der Waals surface area (Å²) in [7, 11) is 3.52. The first-order valence-corrected chi connectivity index (χ1v) is 9.35. The second kappa shape index (κ2) is 7.15. The van der Waals surface area contributed by atoms with Crippen LogP contribution in [0.5, 0.6) is 5.75 Å². The Bertz CT molecular complexity index is 1000. The lowest BCUT2D eigenvalue weighted by atomic mass is 10.0. The molecule has 0 saturated carbocycles. The number of aliphatic hydroxyl groups excluding tert-OH is 1. The van der Waals surface area contributed by atoms with Crippen LogP contribution in [0, 0.1) is 5.82 Å². The second-order valence-electron chi connectivity index (χ2n) is 7.09. The van der Waals surface area contributed by atoms with Gasteiger partial charge in [0, 0.05) is 34.7 Å². The number of rotatable bonds is 4. The van der Waals surface area contributed by atoms with Crippen molar-refractivity contribution < 1.29 is 14.2 Å². The Morgan fingerprint density at radius 2 is 2.07 bits per heavy atom. The Balaban J connectivity index is 1.75. The summed E-state index contributed by atoms with van der Waals surface area (Å²) in [5.41, 5.74) is 4.06. The molecule has 142 valence electrons. The number of nitrogens with zero attached hydrogens (tertiary/aromatic N) is 2. The van der Waals surface area contributed by atoms with E-state index in [0.717, 1.165) is 30.4 Å². The molecule has 4 rings (SSSR count). The van der Waals surface area contributed by atoms with Crippen LogP contribution in [0.15, 0.2) is 36.4 Å². The van der Waals surface area contributed by atoms with Crippen molar-refractivity contribution in [2.45, 2.75) is 25.6 Å². The number of methoxy groups -OCH3 is 1. The fraction of sp³-hybridized carbons (Fsp3) is 0.333. The van der Waals surface area contributed by atoms with Crippen molar-refractivity contribution >= 4 is 22.5 Å². The number of hydrogen-bond acceptors (Lipinski definition) is 3. The van der Waals surface area contributed by atoms with E-state index in [0.29, 0.717) is 17.1 Å². The normalized spacial score (nSPS) is 15.7. The van der Waals surface area contributed by atoms with Gasteiger partial charge in [0.1, 0.15) is 0 Å². The van der Waals surface area contributed by atoms with Crippen molar-refractivity contribution in [2.24, 2.45) is 0 Å². The van der Waals surface area contributed by atoms with Crippen LogP contribution in [-0.2, 0) is 19.5 Å². The minimum atomic E-state index is -0.826. The molecule has 0 fully saturated rings. The SMILES string of the molecule is COc1ccc(C(O)Cn2c3c(c4cc(Cl)ccc42)CCN(C)C3)cc1F. The minimum Gasteiger partial charge on any atom is -0.494 e. The van der Waals surface area contributed by atoms with Gasteiger partial charge in [-0.25, -0.2) is 4.39 Å². The van der Waals surface area contributed by atoms with Crippen LogP contribution in [-0.4, -0.2) is 35.3 Å². The minimum absolute atomic E-state index is 0.172. The van der Waals surface area contributed by atoms with Crippen LogP contribution in [0.1, 0.15) is 22.9 Å². The zero-order valence-electron chi connectivity index (χ0n) is 15.4. The summed E-state index contributed by atoms with van der Waals surface area (Å²) in [4.78, 5) is 2.26. The maximum atomic E-state index is 14.0. The summed E-state index contributed by atoms with van der Waals surface area (Å²) in [5, 5.41) is 12.6. The first kappa shape index (κ1) is 18.3. The quantitative estimate of drug-likeness (QED) is 0.729. The number of fused-ring (bicyclic) bond motifs is 3. The molecule has 0 saturated heterocycles. The molecular formula is C21H22ClFN2O2. The third kappa shape index (κ3) is 3.31. The first-order valence-electron chi connectivity index (χ1n) is 8.97. The van der Waals surface area contributed by atoms with Crippen LogP contribution >= 0.6 is 11.6 Å². The summed E-state index contributed by atoms with van der Waals surface area (Å²) in [6.07, 6.45) is 0.121. The molecule has 0 amide bonds. The number of aromatic nitrogens is 1. The van der Waals surface area contributed by atoms with Crippen LogP contribution in [0.3, 0.4) is 0 Å². The summed E-state index contributed by atoms with van der Waals surface area (Å²) >= 11 is 6.22. The van der Waals surface area contributed by atoms with Crippen LogP contribution in [0.4, 0.5) is 4.39 Å². The second-order valence-corrected chi connectivity index (χ2v) is 7.53. The molecule has 1 aliphatic heterocycles. The molecule has 27 heavy (non-hydrogen) atoms. The van der Waals surface area contributed by atoms with Gasteiger partial charge in [0.2, 0.25) is 0 Å². The smallest absolute Gasteiger partial charge is 0.165 e. The molecule has 0 spiro atoms. The number of benzene rings is 2. The zero-order chi connectivity index (χ0) is 19.1. The Morgan fingerprint density at radius 3 is 2.81 bits per heavy atom. The molecule has 1 atom stereocenters. The molecule has 1 aromatic heterocycles. The molecule has 1 N–H and O–H groups in total. The van der Waals surface area contributed by atoms with Gasteiger partial charge in [0.05, 0.1) is 19.8 Å². The van der Waals surface area contributed by atoms with E-state index in [1.807, 2.05) is 18.2 Å². The fourth-order valence-corrected chi connectivity index (χ4v) is 4.10. The third-order valence-corrected chi connectivity index (χ3v) is 5.56. The highest BCUT2D eigenvalue weighted by Crippen LogP contribution is 2.34. The van der Waals surface area contributed by atoms with Gasteiger partial charge < -0.3 is 19.3 Å². The van der Waals surface area contributed by atoms with Gasteiger partial charge in [-0.15, -0.1) is 0 Å². The van der Waals surface area contributed by atoms with Gasteiger partial charge in [0.25, 0.3) is 0 Å². The molecule has 2 heterocycles. The molecule has 4 nitrogen and oxygen atoms in total. The molecule has 0 radical (unpaired) electrons. The average molecular weight is 389 g/mol. The van der Waals surface area contributed by atoms with E-state index in [1.165, 1.54) is 24.4 Å². The van der Waals surface area contributed by atoms with Gasteiger partial charge in [-0.05, 0) is 54.9 Å². The molecule has 3 aromatic rings. The highest BCUT2D eigenvalue weighted by molar-refractivity contribution is 6.31. The predicted octanol–water partition coefficient (Wildman–Crippen LogP) is 4.16. The Labute approximate surface area is 162 Å². The monoisotopic (exact) mass is 388 g/mol. The van der Waals surface area contributed by atoms with E-state index in [1.54, 1.807) is 12.1 Å². The number of likely N-dealkylation sites (N-methyl/N-ethyl adjacent to an activating group) is 1. The Hall–Kier alpha value is -2.08. The van der Waals surface area contributed by atoms with E-state index in [2.05, 4.69) is 16.5 Å². The maximum Gasteiger partial charge on any atom is 0.165 e. The van der Waals surface area contributed by atoms with Crippen molar-refractivity contribution in [3.8, 4) is 5.75 Å². The number of ether oxygens (including phenoxy) is 1. The molecule has 1 aliphatic rings. The summed E-state index contributed by atoms with van der Waals surface area (Å²) < 4.78 is 21.2. The van der Waals surface area contributed by atoms with Gasteiger partial charge >= 0.3 is 0 Å². The van der Waals surface area contributed by atoms with Crippen molar-refractivity contribution in [1.29, 1.82) is 0 Å². The van der Waals surface area contributed by atoms with Gasteiger partial charge in [-0.2, -0.15) is 0 Å². The van der Waals surface area contributed by atoms with Crippen molar-refractivity contribution in [1.82, 2.24) is 9.47 Å². The van der Waals surface area contributed by atoms with Gasteiger partial charge in [-0.1, -0.05) is 17.7 Å². The highest BCUT2D eigenvalue weighted by Gasteiger charge is 2.24. The standard InChI is InChI=1S/C21H22ClFN2O2/c1-24-8-7-15-16-10-14(22)4-5-18(16)25(19(15)11-24)12-20(26)13-3-6-21(27-2)17(23)9-13/h3-6,9-10,20,26H,7-8,11-12H2,1-2H3. The first-order chi connectivity index (χ1) is 13.0. The average Bonchev–Trinajstić information content (AvgIpc) is 2.94. The topological polar surface area (TPSA) is 37.6 Å². The van der Waals surface area contributed by atoms with E-state index in [9.17, 15) is 9.50 Å². The van der Waals surface area contributed by atoms with Crippen LogP contribution in [0.2, 0.25) is 5.02 Å². The lowest BCUT2D eigenvalue weighted by molar-refractivity contribution is 0.154. The van der Waals surface area contributed by atoms with Crippen molar-refractivity contribution in [3.05, 3.63) is 64.1 Å². The Kier molecular flexibility index (Phi) is 4.84. The predicted molar refractivity (Wildman–Crippen MR) is 105 cm³/mol. The van der Waals surface area contributed by atoms with E-state index >= 15 is 0 Å². The van der Waals surface area contributed by atoms with E-state index in [-0.39, 0.29) is 5.75 Å². The van der Waals surface area contributed by atoms with Crippen LogP contribution < -0.4 is 4.74 Å². The van der Waals surface area contributed by atoms with Crippen molar-refractivity contribution in [3.63, 3.8) is 0 Å². The van der Waals surface area contributed by atoms with Crippen molar-refractivity contribution in [2.75, 3.05) is 20.7 Å². The molecule has 2 aromatic carbocycles. The molecule has 6 heteroatoms. The zero-order valence-corrected chi connectivity index (χ0v) is 16.1. The maximum absolute atomic E-state index is 14.0.